The van der Waals surface area contributed by atoms with Gasteiger partial charge in [-0.1, -0.05) is 0 Å². The van der Waals surface area contributed by atoms with Crippen LogP contribution in [0.4, 0.5) is 0 Å². The predicted octanol–water partition coefficient (Wildman–Crippen LogP) is 1.29. The minimum atomic E-state index is -0.431. The predicted molar refractivity (Wildman–Crippen MR) is 107 cm³/mol. The summed E-state index contributed by atoms with van der Waals surface area (Å²) in [5.41, 5.74) is 1.50. The number of hydrogen-bond donors (Lipinski definition) is 0. The third kappa shape index (κ3) is 3.23. The van der Waals surface area contributed by atoms with Gasteiger partial charge in [0.1, 0.15) is 6.54 Å². The molecule has 4 heterocycles. The number of carbonyl (C=O) groups is 2. The summed E-state index contributed by atoms with van der Waals surface area (Å²) < 4.78 is 1.78. The van der Waals surface area contributed by atoms with Gasteiger partial charge in [0.15, 0.2) is 0 Å². The van der Waals surface area contributed by atoms with Crippen LogP contribution in [0.3, 0.4) is 0 Å². The second-order valence-corrected chi connectivity index (χ2v) is 9.23. The number of fused-ring (bicyclic) bond motifs is 1. The van der Waals surface area contributed by atoms with E-state index in [2.05, 4.69) is 23.8 Å². The fourth-order valence-electron chi connectivity index (χ4n) is 5.29. The van der Waals surface area contributed by atoms with Gasteiger partial charge >= 0.3 is 0 Å². The summed E-state index contributed by atoms with van der Waals surface area (Å²) in [5.74, 6) is 0.581. The Morgan fingerprint density at radius 3 is 2.46 bits per heavy atom. The van der Waals surface area contributed by atoms with E-state index in [1.165, 1.54) is 0 Å². The number of hydrogen-bond acceptors (Lipinski definition) is 4. The SMILES string of the molecule is Cc1cc(C)n(CC(=O)N2C[C@@H]3CN(C(C)C)C[C@]3(C(=O)N3CCCC3)C2)n1. The zero-order valence-electron chi connectivity index (χ0n) is 17.6. The van der Waals surface area contributed by atoms with Crippen molar-refractivity contribution in [2.45, 2.75) is 53.1 Å². The van der Waals surface area contributed by atoms with Crippen molar-refractivity contribution in [2.75, 3.05) is 39.3 Å². The molecular formula is C21H33N5O2. The van der Waals surface area contributed by atoms with Gasteiger partial charge in [0, 0.05) is 56.9 Å². The standard InChI is InChI=1S/C21H33N5O2/c1-15(2)24-10-18-11-25(19(27)12-26-17(4)9-16(3)22-26)14-21(18,13-24)20(28)23-7-5-6-8-23/h9,15,18H,5-8,10-14H2,1-4H3/t18-,21-/m0/s1. The zero-order valence-corrected chi connectivity index (χ0v) is 17.6. The van der Waals surface area contributed by atoms with Gasteiger partial charge in [-0.2, -0.15) is 5.10 Å². The van der Waals surface area contributed by atoms with Gasteiger partial charge in [0.2, 0.25) is 11.8 Å². The normalized spacial score (nSPS) is 27.8. The average molecular weight is 388 g/mol. The molecule has 3 aliphatic heterocycles. The summed E-state index contributed by atoms with van der Waals surface area (Å²) in [4.78, 5) is 33.0. The highest BCUT2D eigenvalue weighted by Gasteiger charge is 2.59. The molecule has 3 fully saturated rings. The maximum absolute atomic E-state index is 13.5. The molecule has 0 aromatic carbocycles. The molecule has 3 saturated heterocycles. The van der Waals surface area contributed by atoms with Crippen molar-refractivity contribution >= 4 is 11.8 Å². The lowest BCUT2D eigenvalue weighted by molar-refractivity contribution is -0.141. The fourth-order valence-corrected chi connectivity index (χ4v) is 5.29. The largest absolute Gasteiger partial charge is 0.342 e. The Morgan fingerprint density at radius 2 is 1.86 bits per heavy atom. The van der Waals surface area contributed by atoms with E-state index >= 15 is 0 Å². The van der Waals surface area contributed by atoms with Crippen molar-refractivity contribution in [1.29, 1.82) is 0 Å². The minimum absolute atomic E-state index is 0.0743. The van der Waals surface area contributed by atoms with Crippen LogP contribution in [0.15, 0.2) is 6.07 Å². The van der Waals surface area contributed by atoms with E-state index < -0.39 is 5.41 Å². The lowest BCUT2D eigenvalue weighted by atomic mass is 9.79. The third-order valence-electron chi connectivity index (χ3n) is 6.93. The van der Waals surface area contributed by atoms with Crippen LogP contribution in [0.2, 0.25) is 0 Å². The Kier molecular flexibility index (Phi) is 4.98. The van der Waals surface area contributed by atoms with Crippen molar-refractivity contribution in [3.05, 3.63) is 17.5 Å². The highest BCUT2D eigenvalue weighted by Crippen LogP contribution is 2.45. The molecule has 3 aliphatic rings. The van der Waals surface area contributed by atoms with E-state index in [-0.39, 0.29) is 24.3 Å². The molecule has 2 amide bonds. The first kappa shape index (κ1) is 19.4. The van der Waals surface area contributed by atoms with Crippen LogP contribution >= 0.6 is 0 Å². The molecule has 0 saturated carbocycles. The van der Waals surface area contributed by atoms with Crippen molar-refractivity contribution in [2.24, 2.45) is 11.3 Å². The molecule has 0 N–H and O–H groups in total. The van der Waals surface area contributed by atoms with Crippen LogP contribution < -0.4 is 0 Å². The lowest BCUT2D eigenvalue weighted by Crippen LogP contribution is -2.49. The minimum Gasteiger partial charge on any atom is -0.342 e. The van der Waals surface area contributed by atoms with Crippen LogP contribution in [-0.4, -0.2) is 81.6 Å². The van der Waals surface area contributed by atoms with Gasteiger partial charge in [-0.05, 0) is 46.6 Å². The topological polar surface area (TPSA) is 61.7 Å². The second-order valence-electron chi connectivity index (χ2n) is 9.23. The number of aromatic nitrogens is 2. The van der Waals surface area contributed by atoms with Gasteiger partial charge in [-0.3, -0.25) is 19.2 Å². The third-order valence-corrected chi connectivity index (χ3v) is 6.93. The zero-order chi connectivity index (χ0) is 20.1. The van der Waals surface area contributed by atoms with E-state index in [4.69, 9.17) is 0 Å². The summed E-state index contributed by atoms with van der Waals surface area (Å²) in [6, 6.07) is 2.41. The maximum atomic E-state index is 13.5. The Hall–Kier alpha value is -1.89. The maximum Gasteiger partial charge on any atom is 0.244 e. The van der Waals surface area contributed by atoms with Gasteiger partial charge in [-0.25, -0.2) is 0 Å². The van der Waals surface area contributed by atoms with Crippen LogP contribution in [0.1, 0.15) is 38.1 Å². The van der Waals surface area contributed by atoms with Gasteiger partial charge in [-0.15, -0.1) is 0 Å². The van der Waals surface area contributed by atoms with Gasteiger partial charge in [0.25, 0.3) is 0 Å². The van der Waals surface area contributed by atoms with Crippen molar-refractivity contribution < 1.29 is 9.59 Å². The first-order valence-electron chi connectivity index (χ1n) is 10.6. The molecule has 4 rings (SSSR count). The second kappa shape index (κ2) is 7.17. The molecule has 2 atom stereocenters. The molecular weight excluding hydrogens is 354 g/mol. The van der Waals surface area contributed by atoms with Crippen molar-refractivity contribution in [3.63, 3.8) is 0 Å². The summed E-state index contributed by atoms with van der Waals surface area (Å²) in [5, 5.41) is 4.43. The lowest BCUT2D eigenvalue weighted by Gasteiger charge is -2.33. The van der Waals surface area contributed by atoms with Crippen LogP contribution in [-0.2, 0) is 16.1 Å². The molecule has 0 aliphatic carbocycles. The molecule has 7 heteroatoms. The van der Waals surface area contributed by atoms with E-state index in [1.54, 1.807) is 4.68 Å². The number of carbonyl (C=O) groups excluding carboxylic acids is 2. The molecule has 0 unspecified atom stereocenters. The van der Waals surface area contributed by atoms with Crippen LogP contribution in [0, 0.1) is 25.2 Å². The van der Waals surface area contributed by atoms with Crippen LogP contribution in [0.5, 0.6) is 0 Å². The van der Waals surface area contributed by atoms with Crippen molar-refractivity contribution in [3.8, 4) is 0 Å². The molecule has 0 spiro atoms. The quantitative estimate of drug-likeness (QED) is 0.781. The Bertz CT molecular complexity index is 767. The summed E-state index contributed by atoms with van der Waals surface area (Å²) in [7, 11) is 0. The molecule has 1 aromatic rings. The summed E-state index contributed by atoms with van der Waals surface area (Å²) >= 11 is 0. The monoisotopic (exact) mass is 387 g/mol. The first-order valence-corrected chi connectivity index (χ1v) is 10.6. The fraction of sp³-hybridized carbons (Fsp3) is 0.762. The molecule has 7 nitrogen and oxygen atoms in total. The summed E-state index contributed by atoms with van der Waals surface area (Å²) in [6.45, 7) is 13.2. The van der Waals surface area contributed by atoms with Gasteiger partial charge in [0.05, 0.1) is 11.1 Å². The highest BCUT2D eigenvalue weighted by atomic mass is 16.2. The number of aryl methyl sites for hydroxylation is 2. The van der Waals surface area contributed by atoms with E-state index in [1.807, 2.05) is 29.7 Å². The van der Waals surface area contributed by atoms with E-state index in [9.17, 15) is 9.59 Å². The number of rotatable bonds is 4. The number of likely N-dealkylation sites (tertiary alicyclic amines) is 3. The van der Waals surface area contributed by atoms with Crippen molar-refractivity contribution in [1.82, 2.24) is 24.5 Å². The summed E-state index contributed by atoms with van der Waals surface area (Å²) in [6.07, 6.45) is 2.20. The van der Waals surface area contributed by atoms with Crippen LogP contribution in [0.25, 0.3) is 0 Å². The molecule has 0 radical (unpaired) electrons. The number of nitrogens with zero attached hydrogens (tertiary/aromatic N) is 5. The smallest absolute Gasteiger partial charge is 0.244 e. The highest BCUT2D eigenvalue weighted by molar-refractivity contribution is 5.87. The molecule has 0 bridgehead atoms. The Balaban J connectivity index is 1.53. The van der Waals surface area contributed by atoms with Gasteiger partial charge < -0.3 is 9.80 Å². The Labute approximate surface area is 167 Å². The average Bonchev–Trinajstić information content (AvgIpc) is 3.37. The first-order chi connectivity index (χ1) is 13.3. The Morgan fingerprint density at radius 1 is 1.14 bits per heavy atom. The molecule has 1 aromatic heterocycles. The molecule has 28 heavy (non-hydrogen) atoms. The molecule has 154 valence electrons. The van der Waals surface area contributed by atoms with E-state index in [0.29, 0.717) is 19.1 Å². The van der Waals surface area contributed by atoms with E-state index in [0.717, 1.165) is 50.4 Å². The number of amides is 2.